The molecule has 0 aliphatic heterocycles. The average molecular weight is 355 g/mol. The lowest BCUT2D eigenvalue weighted by Crippen LogP contribution is -2.30. The molecule has 0 heterocycles. The molecule has 3 nitrogen and oxygen atoms in total. The molecule has 0 spiro atoms. The van der Waals surface area contributed by atoms with Crippen molar-refractivity contribution in [1.29, 1.82) is 0 Å². The lowest BCUT2D eigenvalue weighted by atomic mass is 10.2. The summed E-state index contributed by atoms with van der Waals surface area (Å²) in [6.45, 7) is 1.53. The van der Waals surface area contributed by atoms with E-state index in [-0.39, 0.29) is 5.69 Å². The number of anilines is 1. The molecule has 0 fully saturated rings. The smallest absolute Gasteiger partial charge is 0.416 e. The summed E-state index contributed by atoms with van der Waals surface area (Å²) in [6, 6.07) is 11.7. The van der Waals surface area contributed by atoms with Crippen LogP contribution in [0.5, 0.6) is 5.75 Å². The van der Waals surface area contributed by atoms with Crippen LogP contribution in [0.1, 0.15) is 12.5 Å². The first-order valence-electron chi connectivity index (χ1n) is 7.08. The van der Waals surface area contributed by atoms with Crippen molar-refractivity contribution in [3.05, 3.63) is 54.1 Å². The summed E-state index contributed by atoms with van der Waals surface area (Å²) >= 11 is 1.58. The first kappa shape index (κ1) is 18.2. The molecule has 0 aliphatic carbocycles. The Morgan fingerprint density at radius 2 is 1.83 bits per heavy atom. The van der Waals surface area contributed by atoms with Crippen LogP contribution < -0.4 is 10.1 Å². The predicted octanol–water partition coefficient (Wildman–Crippen LogP) is 4.83. The Morgan fingerprint density at radius 1 is 1.17 bits per heavy atom. The van der Waals surface area contributed by atoms with Gasteiger partial charge in [0.15, 0.2) is 6.10 Å². The Morgan fingerprint density at radius 3 is 2.42 bits per heavy atom. The minimum absolute atomic E-state index is 0.0722. The Kier molecular flexibility index (Phi) is 5.77. The van der Waals surface area contributed by atoms with Gasteiger partial charge < -0.3 is 10.1 Å². The molecule has 1 atom stereocenters. The Bertz CT molecular complexity index is 702. The highest BCUT2D eigenvalue weighted by Crippen LogP contribution is 2.30. The van der Waals surface area contributed by atoms with Crippen LogP contribution in [0.3, 0.4) is 0 Å². The molecule has 1 unspecified atom stereocenters. The van der Waals surface area contributed by atoms with Gasteiger partial charge in [0.25, 0.3) is 5.91 Å². The molecular formula is C17H16F3NO2S. The Balaban J connectivity index is 2.00. The third-order valence-corrected chi connectivity index (χ3v) is 3.94. The van der Waals surface area contributed by atoms with E-state index >= 15 is 0 Å². The second-order valence-electron chi connectivity index (χ2n) is 5.00. The number of carbonyl (C=O) groups excluding carboxylic acids is 1. The SMILES string of the molecule is CSc1ccc(OC(C)C(=O)Nc2cccc(C(F)(F)F)c2)cc1. The number of carbonyl (C=O) groups is 1. The molecule has 0 aliphatic rings. The van der Waals surface area contributed by atoms with Crippen LogP contribution in [0.2, 0.25) is 0 Å². The number of hydrogen-bond acceptors (Lipinski definition) is 3. The lowest BCUT2D eigenvalue weighted by Gasteiger charge is -2.15. The predicted molar refractivity (Wildman–Crippen MR) is 88.4 cm³/mol. The maximum atomic E-state index is 12.7. The van der Waals surface area contributed by atoms with Gasteiger partial charge >= 0.3 is 6.18 Å². The number of amides is 1. The first-order chi connectivity index (χ1) is 11.3. The van der Waals surface area contributed by atoms with E-state index in [0.717, 1.165) is 17.0 Å². The number of rotatable bonds is 5. The van der Waals surface area contributed by atoms with E-state index in [4.69, 9.17) is 4.74 Å². The molecule has 7 heteroatoms. The molecule has 2 aromatic rings. The monoisotopic (exact) mass is 355 g/mol. The molecule has 0 saturated heterocycles. The van der Waals surface area contributed by atoms with Crippen LogP contribution in [0.15, 0.2) is 53.4 Å². The first-order valence-corrected chi connectivity index (χ1v) is 8.31. The topological polar surface area (TPSA) is 38.3 Å². The van der Waals surface area contributed by atoms with E-state index in [1.54, 1.807) is 23.9 Å². The second kappa shape index (κ2) is 7.61. The second-order valence-corrected chi connectivity index (χ2v) is 5.88. The van der Waals surface area contributed by atoms with E-state index in [0.29, 0.717) is 5.75 Å². The number of nitrogens with one attached hydrogen (secondary N) is 1. The van der Waals surface area contributed by atoms with Gasteiger partial charge in [-0.3, -0.25) is 4.79 Å². The number of benzene rings is 2. The van der Waals surface area contributed by atoms with Crippen LogP contribution in [0, 0.1) is 0 Å². The summed E-state index contributed by atoms with van der Waals surface area (Å²) in [4.78, 5) is 13.1. The molecule has 2 aromatic carbocycles. The van der Waals surface area contributed by atoms with Crippen LogP contribution in [0.4, 0.5) is 18.9 Å². The van der Waals surface area contributed by atoms with Crippen LogP contribution in [-0.2, 0) is 11.0 Å². The largest absolute Gasteiger partial charge is 0.481 e. The van der Waals surface area contributed by atoms with Crippen molar-refractivity contribution < 1.29 is 22.7 Å². The molecule has 0 radical (unpaired) electrons. The van der Waals surface area contributed by atoms with E-state index < -0.39 is 23.8 Å². The minimum Gasteiger partial charge on any atom is -0.481 e. The normalized spacial score (nSPS) is 12.5. The highest BCUT2D eigenvalue weighted by molar-refractivity contribution is 7.98. The van der Waals surface area contributed by atoms with Crippen molar-refractivity contribution in [2.45, 2.75) is 24.1 Å². The highest BCUT2D eigenvalue weighted by atomic mass is 32.2. The van der Waals surface area contributed by atoms with Gasteiger partial charge in [-0.15, -0.1) is 11.8 Å². The van der Waals surface area contributed by atoms with Crippen molar-refractivity contribution >= 4 is 23.4 Å². The van der Waals surface area contributed by atoms with Gasteiger partial charge in [-0.05, 0) is 55.6 Å². The summed E-state index contributed by atoms with van der Waals surface area (Å²) in [5.41, 5.74) is -0.746. The number of hydrogen-bond donors (Lipinski definition) is 1. The fraction of sp³-hybridized carbons (Fsp3) is 0.235. The van der Waals surface area contributed by atoms with Crippen molar-refractivity contribution in [3.63, 3.8) is 0 Å². The Labute approximate surface area is 142 Å². The minimum atomic E-state index is -4.46. The molecule has 1 N–H and O–H groups in total. The van der Waals surface area contributed by atoms with Crippen molar-refractivity contribution in [1.82, 2.24) is 0 Å². The molecule has 128 valence electrons. The number of halogens is 3. The molecule has 1 amide bonds. The molecule has 0 saturated carbocycles. The van der Waals surface area contributed by atoms with Crippen molar-refractivity contribution in [3.8, 4) is 5.75 Å². The third-order valence-electron chi connectivity index (χ3n) is 3.20. The van der Waals surface area contributed by atoms with E-state index in [1.165, 1.54) is 19.1 Å². The fourth-order valence-corrected chi connectivity index (χ4v) is 2.34. The lowest BCUT2D eigenvalue weighted by molar-refractivity contribution is -0.137. The summed E-state index contributed by atoms with van der Waals surface area (Å²) in [5.74, 6) is -0.0113. The maximum absolute atomic E-state index is 12.7. The average Bonchev–Trinajstić information content (AvgIpc) is 2.55. The zero-order valence-corrected chi connectivity index (χ0v) is 13.9. The van der Waals surface area contributed by atoms with E-state index in [1.807, 2.05) is 18.4 Å². The zero-order chi connectivity index (χ0) is 17.7. The highest BCUT2D eigenvalue weighted by Gasteiger charge is 2.30. The van der Waals surface area contributed by atoms with Crippen molar-refractivity contribution in [2.24, 2.45) is 0 Å². The van der Waals surface area contributed by atoms with E-state index in [9.17, 15) is 18.0 Å². The number of alkyl halides is 3. The van der Waals surface area contributed by atoms with Gasteiger partial charge in [0.2, 0.25) is 0 Å². The van der Waals surface area contributed by atoms with Crippen LogP contribution in [-0.4, -0.2) is 18.3 Å². The van der Waals surface area contributed by atoms with Gasteiger partial charge in [-0.1, -0.05) is 6.07 Å². The summed E-state index contributed by atoms with van der Waals surface area (Å²) in [5, 5.41) is 2.43. The molecule has 2 rings (SSSR count). The van der Waals surface area contributed by atoms with Crippen LogP contribution in [0.25, 0.3) is 0 Å². The van der Waals surface area contributed by atoms with Crippen LogP contribution >= 0.6 is 11.8 Å². The van der Waals surface area contributed by atoms with Gasteiger partial charge in [0.05, 0.1) is 5.56 Å². The summed E-state index contributed by atoms with van der Waals surface area (Å²) in [6.07, 6.45) is -3.36. The molecule has 0 bridgehead atoms. The molecule has 24 heavy (non-hydrogen) atoms. The Hall–Kier alpha value is -2.15. The van der Waals surface area contributed by atoms with Crippen molar-refractivity contribution in [2.75, 3.05) is 11.6 Å². The standard InChI is InChI=1S/C17H16F3NO2S/c1-11(23-14-6-8-15(24-2)9-7-14)16(22)21-13-5-3-4-12(10-13)17(18,19)20/h3-11H,1-2H3,(H,21,22). The number of ether oxygens (including phenoxy) is 1. The van der Waals surface area contributed by atoms with Gasteiger partial charge in [-0.2, -0.15) is 13.2 Å². The summed E-state index contributed by atoms with van der Waals surface area (Å²) in [7, 11) is 0. The maximum Gasteiger partial charge on any atom is 0.416 e. The van der Waals surface area contributed by atoms with Gasteiger partial charge in [0, 0.05) is 10.6 Å². The van der Waals surface area contributed by atoms with E-state index in [2.05, 4.69) is 5.32 Å². The third kappa shape index (κ3) is 4.92. The van der Waals surface area contributed by atoms with Gasteiger partial charge in [0.1, 0.15) is 5.75 Å². The number of thioether (sulfide) groups is 1. The quantitative estimate of drug-likeness (QED) is 0.781. The zero-order valence-electron chi connectivity index (χ0n) is 13.1. The molecular weight excluding hydrogens is 339 g/mol. The summed E-state index contributed by atoms with van der Waals surface area (Å²) < 4.78 is 43.5. The van der Waals surface area contributed by atoms with Gasteiger partial charge in [-0.25, -0.2) is 0 Å². The molecule has 0 aromatic heterocycles. The fourth-order valence-electron chi connectivity index (χ4n) is 1.93.